The van der Waals surface area contributed by atoms with E-state index in [2.05, 4.69) is 24.1 Å². The molecule has 8 nitrogen and oxygen atoms in total. The number of carbonyl (C=O) groups is 2. The zero-order chi connectivity index (χ0) is 28.3. The van der Waals surface area contributed by atoms with E-state index in [0.29, 0.717) is 31.7 Å². The molecule has 0 aliphatic carbocycles. The van der Waals surface area contributed by atoms with Gasteiger partial charge in [0.25, 0.3) is 5.91 Å². The van der Waals surface area contributed by atoms with Gasteiger partial charge in [-0.25, -0.2) is 9.78 Å². The first-order valence-corrected chi connectivity index (χ1v) is 13.8. The molecule has 1 fully saturated rings. The van der Waals surface area contributed by atoms with Crippen LogP contribution in [0.4, 0.5) is 0 Å². The molecule has 210 valence electrons. The number of fused-ring (bicyclic) bond motifs is 3. The molecule has 0 unspecified atom stereocenters. The fraction of sp³-hybridized carbons (Fsp3) is 0.406. The van der Waals surface area contributed by atoms with E-state index in [-0.39, 0.29) is 23.6 Å². The van der Waals surface area contributed by atoms with E-state index in [4.69, 9.17) is 19.2 Å². The third kappa shape index (κ3) is 6.51. The second-order valence-corrected chi connectivity index (χ2v) is 11.7. The summed E-state index contributed by atoms with van der Waals surface area (Å²) in [6.45, 7) is 9.51. The van der Waals surface area contributed by atoms with Crippen molar-refractivity contribution in [1.29, 1.82) is 0 Å². The number of carbonyl (C=O) groups excluding carboxylic acids is 2. The molecule has 3 heterocycles. The molecule has 1 amide bonds. The maximum atomic E-state index is 13.6. The second kappa shape index (κ2) is 11.8. The van der Waals surface area contributed by atoms with Crippen LogP contribution in [-0.4, -0.2) is 47.4 Å². The number of rotatable bonds is 9. The Morgan fingerprint density at radius 2 is 1.75 bits per heavy atom. The third-order valence-electron chi connectivity index (χ3n) is 7.00. The first-order valence-electron chi connectivity index (χ1n) is 13.8. The molecule has 0 radical (unpaired) electrons. The Morgan fingerprint density at radius 3 is 2.48 bits per heavy atom. The average Bonchev–Trinajstić information content (AvgIpc) is 3.32. The van der Waals surface area contributed by atoms with Crippen LogP contribution < -0.4 is 5.32 Å². The first kappa shape index (κ1) is 27.8. The van der Waals surface area contributed by atoms with E-state index in [9.17, 15) is 9.59 Å². The van der Waals surface area contributed by atoms with Gasteiger partial charge in [0.1, 0.15) is 18.3 Å². The predicted molar refractivity (Wildman–Crippen MR) is 154 cm³/mol. The minimum atomic E-state index is -0.799. The largest absolute Gasteiger partial charge is 0.459 e. The Kier molecular flexibility index (Phi) is 8.19. The zero-order valence-electron chi connectivity index (χ0n) is 23.5. The lowest BCUT2D eigenvalue weighted by molar-refractivity contribution is -0.220. The summed E-state index contributed by atoms with van der Waals surface area (Å²) in [5.41, 5.74) is 3.53. The van der Waals surface area contributed by atoms with Crippen LogP contribution in [0, 0.1) is 11.3 Å². The molecule has 0 spiro atoms. The van der Waals surface area contributed by atoms with Crippen LogP contribution in [0.3, 0.4) is 0 Å². The normalized spacial score (nSPS) is 16.3. The summed E-state index contributed by atoms with van der Waals surface area (Å²) in [6.07, 6.45) is 0.367. The van der Waals surface area contributed by atoms with Crippen molar-refractivity contribution in [2.45, 2.75) is 59.5 Å². The molecular formula is C32H37N3O5. The number of aromatic amines is 1. The summed E-state index contributed by atoms with van der Waals surface area (Å²) >= 11 is 0. The topological polar surface area (TPSA) is 103 Å². The lowest BCUT2D eigenvalue weighted by Gasteiger charge is -2.34. The number of esters is 1. The lowest BCUT2D eigenvalue weighted by atomic mass is 9.95. The van der Waals surface area contributed by atoms with E-state index in [1.54, 1.807) is 6.07 Å². The van der Waals surface area contributed by atoms with Crippen LogP contribution >= 0.6 is 0 Å². The van der Waals surface area contributed by atoms with Gasteiger partial charge in [0.2, 0.25) is 0 Å². The molecule has 2 aromatic carbocycles. The van der Waals surface area contributed by atoms with Gasteiger partial charge in [-0.2, -0.15) is 0 Å². The molecule has 8 heteroatoms. The maximum absolute atomic E-state index is 13.6. The standard InChI is InChI=1S/C32H37N3O5/c1-20(2)14-27(31(37)38-17-21-10-6-5-7-11-21)35-30(36)26-15-23-22-12-8-9-13-24(22)34-29(23)25(33-26)16-28-39-18-32(3,4)19-40-28/h5-13,15,20,27-28,34H,14,16-19H2,1-4H3,(H,35,36)/t27-/m0/s1. The van der Waals surface area contributed by atoms with Crippen LogP contribution in [0.15, 0.2) is 60.7 Å². The fourth-order valence-electron chi connectivity index (χ4n) is 4.93. The van der Waals surface area contributed by atoms with Crippen molar-refractivity contribution < 1.29 is 23.8 Å². The number of nitrogens with one attached hydrogen (secondary N) is 2. The SMILES string of the molecule is CC(C)C[C@H](NC(=O)c1cc2c([nH]c3ccccc32)c(CC2OCC(C)(C)CO2)n1)C(=O)OCc1ccccc1. The number of H-pyrrole nitrogens is 1. The Balaban J connectivity index is 1.41. The summed E-state index contributed by atoms with van der Waals surface area (Å²) in [5.74, 6) is -0.729. The zero-order valence-corrected chi connectivity index (χ0v) is 23.5. The van der Waals surface area contributed by atoms with Gasteiger partial charge in [-0.1, -0.05) is 76.2 Å². The van der Waals surface area contributed by atoms with Crippen LogP contribution in [0.1, 0.15) is 55.9 Å². The average molecular weight is 544 g/mol. The molecule has 5 rings (SSSR count). The number of para-hydroxylation sites is 1. The first-order chi connectivity index (χ1) is 19.2. The highest BCUT2D eigenvalue weighted by Crippen LogP contribution is 2.30. The number of ether oxygens (including phenoxy) is 3. The van der Waals surface area contributed by atoms with Crippen LogP contribution in [0.2, 0.25) is 0 Å². The molecule has 1 atom stereocenters. The summed E-state index contributed by atoms with van der Waals surface area (Å²) in [7, 11) is 0. The number of hydrogen-bond acceptors (Lipinski definition) is 6. The third-order valence-corrected chi connectivity index (χ3v) is 7.00. The molecule has 1 aliphatic rings. The summed E-state index contributed by atoms with van der Waals surface area (Å²) in [6, 6.07) is 18.4. The number of nitrogens with zero attached hydrogens (tertiary/aromatic N) is 1. The van der Waals surface area contributed by atoms with Crippen molar-refractivity contribution in [3.05, 3.63) is 77.6 Å². The number of benzene rings is 2. The van der Waals surface area contributed by atoms with E-state index < -0.39 is 24.2 Å². The molecule has 2 N–H and O–H groups in total. The van der Waals surface area contributed by atoms with Gasteiger partial charge in [-0.3, -0.25) is 4.79 Å². The highest BCUT2D eigenvalue weighted by atomic mass is 16.7. The van der Waals surface area contributed by atoms with Gasteiger partial charge in [-0.05, 0) is 30.0 Å². The molecule has 40 heavy (non-hydrogen) atoms. The van der Waals surface area contributed by atoms with Gasteiger partial charge in [0, 0.05) is 28.1 Å². The minimum absolute atomic E-state index is 0.0529. The molecular weight excluding hydrogens is 506 g/mol. The Hall–Kier alpha value is -3.75. The molecule has 4 aromatic rings. The molecule has 0 bridgehead atoms. The van der Waals surface area contributed by atoms with Gasteiger partial charge in [0.05, 0.1) is 24.4 Å². The van der Waals surface area contributed by atoms with Crippen molar-refractivity contribution in [3.8, 4) is 0 Å². The summed E-state index contributed by atoms with van der Waals surface area (Å²) in [5, 5.41) is 4.77. The Bertz CT molecular complexity index is 1480. The Morgan fingerprint density at radius 1 is 1.05 bits per heavy atom. The maximum Gasteiger partial charge on any atom is 0.328 e. The van der Waals surface area contributed by atoms with Crippen molar-refractivity contribution in [2.75, 3.05) is 13.2 Å². The fourth-order valence-corrected chi connectivity index (χ4v) is 4.93. The molecule has 1 aliphatic heterocycles. The molecule has 0 saturated carbocycles. The number of pyridine rings is 1. The van der Waals surface area contributed by atoms with Gasteiger partial charge >= 0.3 is 5.97 Å². The van der Waals surface area contributed by atoms with Gasteiger partial charge in [0.15, 0.2) is 6.29 Å². The van der Waals surface area contributed by atoms with Crippen molar-refractivity contribution >= 4 is 33.7 Å². The lowest BCUT2D eigenvalue weighted by Crippen LogP contribution is -2.43. The molecule has 2 aromatic heterocycles. The smallest absolute Gasteiger partial charge is 0.328 e. The van der Waals surface area contributed by atoms with E-state index in [0.717, 1.165) is 27.4 Å². The van der Waals surface area contributed by atoms with Crippen molar-refractivity contribution in [1.82, 2.24) is 15.3 Å². The van der Waals surface area contributed by atoms with Crippen LogP contribution in [0.25, 0.3) is 21.8 Å². The highest BCUT2D eigenvalue weighted by molar-refractivity contribution is 6.10. The highest BCUT2D eigenvalue weighted by Gasteiger charge is 2.30. The minimum Gasteiger partial charge on any atom is -0.459 e. The quantitative estimate of drug-likeness (QED) is 0.269. The van der Waals surface area contributed by atoms with Crippen LogP contribution in [-0.2, 0) is 32.0 Å². The summed E-state index contributed by atoms with van der Waals surface area (Å²) < 4.78 is 17.5. The number of amides is 1. The van der Waals surface area contributed by atoms with Crippen molar-refractivity contribution in [2.24, 2.45) is 11.3 Å². The Labute approximate surface area is 234 Å². The number of hydrogen-bond donors (Lipinski definition) is 2. The monoisotopic (exact) mass is 543 g/mol. The van der Waals surface area contributed by atoms with E-state index >= 15 is 0 Å². The second-order valence-electron chi connectivity index (χ2n) is 11.7. The number of aromatic nitrogens is 2. The van der Waals surface area contributed by atoms with Crippen LogP contribution in [0.5, 0.6) is 0 Å². The van der Waals surface area contributed by atoms with E-state index in [1.165, 1.54) is 0 Å². The van der Waals surface area contributed by atoms with Gasteiger partial charge < -0.3 is 24.5 Å². The summed E-state index contributed by atoms with van der Waals surface area (Å²) in [4.78, 5) is 34.9. The van der Waals surface area contributed by atoms with E-state index in [1.807, 2.05) is 68.4 Å². The predicted octanol–water partition coefficient (Wildman–Crippen LogP) is 5.55. The van der Waals surface area contributed by atoms with Crippen molar-refractivity contribution in [3.63, 3.8) is 0 Å². The molecule has 1 saturated heterocycles. The van der Waals surface area contributed by atoms with Gasteiger partial charge in [-0.15, -0.1) is 0 Å².